The number of carbonyl (C=O) groups is 1. The average Bonchev–Trinajstić information content (AvgIpc) is 3.43. The number of carboxylic acids is 1. The highest BCUT2D eigenvalue weighted by Gasteiger charge is 2.17. The molecule has 0 bridgehead atoms. The molecule has 0 saturated carbocycles. The van der Waals surface area contributed by atoms with Gasteiger partial charge in [-0.3, -0.25) is 4.79 Å². The number of benzene rings is 4. The van der Waals surface area contributed by atoms with E-state index >= 15 is 0 Å². The molecule has 11 heteroatoms. The molecule has 0 spiro atoms. The number of halogens is 2. The normalized spacial score (nSPS) is 11.4. The van der Waals surface area contributed by atoms with Gasteiger partial charge in [0.25, 0.3) is 5.56 Å². The minimum absolute atomic E-state index is 0.124. The molecule has 6 rings (SSSR count). The summed E-state index contributed by atoms with van der Waals surface area (Å²) in [4.78, 5) is 29.6. The molecule has 4 aromatic carbocycles. The maximum absolute atomic E-state index is 13.6. The van der Waals surface area contributed by atoms with Gasteiger partial charge >= 0.3 is 5.97 Å². The fourth-order valence-electron chi connectivity index (χ4n) is 4.54. The third-order valence-electron chi connectivity index (χ3n) is 6.58. The van der Waals surface area contributed by atoms with Crippen LogP contribution < -0.4 is 15.0 Å². The number of para-hydroxylation sites is 1. The number of hydrogen-bond acceptors (Lipinski definition) is 7. The molecule has 43 heavy (non-hydrogen) atoms. The summed E-state index contributed by atoms with van der Waals surface area (Å²) < 4.78 is 20.3. The Morgan fingerprint density at radius 2 is 1.88 bits per heavy atom. The van der Waals surface area contributed by atoms with Gasteiger partial charge < -0.3 is 19.0 Å². The van der Waals surface area contributed by atoms with Crippen LogP contribution in [0.1, 0.15) is 21.5 Å². The summed E-state index contributed by atoms with van der Waals surface area (Å²) in [7, 11) is 1.51. The third-order valence-corrected chi connectivity index (χ3v) is 7.67. The van der Waals surface area contributed by atoms with Gasteiger partial charge in [-0.2, -0.15) is 9.78 Å². The Kier molecular flexibility index (Phi) is 7.83. The summed E-state index contributed by atoms with van der Waals surface area (Å²) in [6, 6.07) is 24.5. The second kappa shape index (κ2) is 11.9. The lowest BCUT2D eigenvalue weighted by Gasteiger charge is -2.14. The number of nitrogens with zero attached hydrogens (tertiary/aromatic N) is 3. The lowest BCUT2D eigenvalue weighted by molar-refractivity contribution is 0.0696. The number of carboxylic acid groups (broad SMARTS) is 1. The molecule has 2 aromatic heterocycles. The van der Waals surface area contributed by atoms with E-state index in [1.807, 2.05) is 30.3 Å². The maximum atomic E-state index is 13.6. The smallest absolute Gasteiger partial charge is 0.335 e. The number of ether oxygens (including phenoxy) is 2. The molecular weight excluding hydrogens is 682 g/mol. The molecule has 1 N–H and O–H groups in total. The zero-order chi connectivity index (χ0) is 30.1. The molecule has 0 atom stereocenters. The van der Waals surface area contributed by atoms with Crippen LogP contribution in [-0.4, -0.2) is 34.1 Å². The van der Waals surface area contributed by atoms with Gasteiger partial charge in [-0.15, -0.1) is 0 Å². The van der Waals surface area contributed by atoms with Crippen LogP contribution in [-0.2, 0) is 6.61 Å². The van der Waals surface area contributed by atoms with E-state index in [-0.39, 0.29) is 23.6 Å². The summed E-state index contributed by atoms with van der Waals surface area (Å²) in [6.45, 7) is 0.124. The van der Waals surface area contributed by atoms with Crippen LogP contribution in [0.3, 0.4) is 0 Å². The van der Waals surface area contributed by atoms with E-state index in [2.05, 4.69) is 37.0 Å². The number of methoxy groups -OCH3 is 1. The van der Waals surface area contributed by atoms with E-state index in [1.54, 1.807) is 48.5 Å². The minimum Gasteiger partial charge on any atom is -0.493 e. The van der Waals surface area contributed by atoms with Crippen molar-refractivity contribution in [3.8, 4) is 23.1 Å². The first-order valence-electron chi connectivity index (χ1n) is 12.9. The van der Waals surface area contributed by atoms with E-state index in [4.69, 9.17) is 18.9 Å². The lowest BCUT2D eigenvalue weighted by Crippen LogP contribution is -2.20. The van der Waals surface area contributed by atoms with Gasteiger partial charge in [0.15, 0.2) is 17.3 Å². The molecule has 0 amide bonds. The van der Waals surface area contributed by atoms with Crippen LogP contribution in [0, 0.1) is 0 Å². The number of aromatic nitrogens is 2. The standard InChI is InChI=1S/C32H21Br2N3O6/c1-41-27-13-19(12-24(34)29(27)42-17-18-5-4-6-20(11-18)32(39)40)16-35-37-30(36-25-8-3-2-7-23(25)31(37)38)28-15-21-14-22(33)9-10-26(21)43-28/h2-16H,17H2,1H3,(H,39,40). The molecule has 0 aliphatic carbocycles. The van der Waals surface area contributed by atoms with Gasteiger partial charge in [0.1, 0.15) is 12.2 Å². The van der Waals surface area contributed by atoms with Crippen LogP contribution >= 0.6 is 31.9 Å². The lowest BCUT2D eigenvalue weighted by atomic mass is 10.1. The average molecular weight is 703 g/mol. The molecule has 0 aliphatic rings. The molecular formula is C32H21Br2N3O6. The second-order valence-electron chi connectivity index (χ2n) is 9.44. The fraction of sp³-hybridized carbons (Fsp3) is 0.0625. The first-order chi connectivity index (χ1) is 20.8. The van der Waals surface area contributed by atoms with Crippen molar-refractivity contribution >= 4 is 65.9 Å². The van der Waals surface area contributed by atoms with Crippen molar-refractivity contribution < 1.29 is 23.8 Å². The molecule has 2 heterocycles. The van der Waals surface area contributed by atoms with E-state index in [0.29, 0.717) is 49.3 Å². The summed E-state index contributed by atoms with van der Waals surface area (Å²) >= 11 is 7.02. The van der Waals surface area contributed by atoms with E-state index in [9.17, 15) is 14.7 Å². The van der Waals surface area contributed by atoms with Gasteiger partial charge in [0, 0.05) is 9.86 Å². The second-order valence-corrected chi connectivity index (χ2v) is 11.2. The Labute approximate surface area is 261 Å². The van der Waals surface area contributed by atoms with E-state index < -0.39 is 5.97 Å². The highest BCUT2D eigenvalue weighted by molar-refractivity contribution is 9.10. The predicted octanol–water partition coefficient (Wildman–Crippen LogP) is 7.50. The van der Waals surface area contributed by atoms with Crippen molar-refractivity contribution in [2.75, 3.05) is 7.11 Å². The number of fused-ring (bicyclic) bond motifs is 2. The van der Waals surface area contributed by atoms with E-state index in [1.165, 1.54) is 24.1 Å². The summed E-state index contributed by atoms with van der Waals surface area (Å²) in [5, 5.41) is 15.1. The van der Waals surface area contributed by atoms with Crippen molar-refractivity contribution in [2.24, 2.45) is 5.10 Å². The summed E-state index contributed by atoms with van der Waals surface area (Å²) in [6.07, 6.45) is 1.52. The first-order valence-corrected chi connectivity index (χ1v) is 14.5. The Hall–Kier alpha value is -4.74. The third kappa shape index (κ3) is 5.81. The SMILES string of the molecule is COc1cc(C=Nn2c(-c3cc4cc(Br)ccc4o3)nc3ccccc3c2=O)cc(Br)c1OCc1cccc(C(=O)O)c1. The molecule has 0 fully saturated rings. The van der Waals surface area contributed by atoms with Crippen LogP contribution in [0.25, 0.3) is 33.5 Å². The van der Waals surface area contributed by atoms with Crippen molar-refractivity contribution in [3.05, 3.63) is 121 Å². The van der Waals surface area contributed by atoms with Gasteiger partial charge in [0.2, 0.25) is 5.82 Å². The van der Waals surface area contributed by atoms with Gasteiger partial charge in [-0.1, -0.05) is 40.2 Å². The Morgan fingerprint density at radius 1 is 1.05 bits per heavy atom. The van der Waals surface area contributed by atoms with Crippen LogP contribution in [0.2, 0.25) is 0 Å². The van der Waals surface area contributed by atoms with Crippen molar-refractivity contribution in [1.29, 1.82) is 0 Å². The zero-order valence-corrected chi connectivity index (χ0v) is 25.6. The zero-order valence-electron chi connectivity index (χ0n) is 22.5. The van der Waals surface area contributed by atoms with Gasteiger partial charge in [0.05, 0.1) is 34.3 Å². The molecule has 214 valence electrons. The Balaban J connectivity index is 1.37. The topological polar surface area (TPSA) is 116 Å². The monoisotopic (exact) mass is 701 g/mol. The summed E-state index contributed by atoms with van der Waals surface area (Å²) in [5.74, 6) is 0.474. The maximum Gasteiger partial charge on any atom is 0.335 e. The highest BCUT2D eigenvalue weighted by Crippen LogP contribution is 2.37. The van der Waals surface area contributed by atoms with Gasteiger partial charge in [-0.05, 0) is 87.7 Å². The van der Waals surface area contributed by atoms with Crippen LogP contribution in [0.15, 0.2) is 108 Å². The van der Waals surface area contributed by atoms with Crippen molar-refractivity contribution in [3.63, 3.8) is 0 Å². The molecule has 0 radical (unpaired) electrons. The van der Waals surface area contributed by atoms with Crippen LogP contribution in [0.4, 0.5) is 0 Å². The number of hydrogen-bond donors (Lipinski definition) is 1. The molecule has 0 aliphatic heterocycles. The highest BCUT2D eigenvalue weighted by atomic mass is 79.9. The largest absolute Gasteiger partial charge is 0.493 e. The predicted molar refractivity (Wildman–Crippen MR) is 170 cm³/mol. The van der Waals surface area contributed by atoms with Crippen molar-refractivity contribution in [2.45, 2.75) is 6.61 Å². The molecule has 0 saturated heterocycles. The number of furan rings is 1. The van der Waals surface area contributed by atoms with Crippen molar-refractivity contribution in [1.82, 2.24) is 9.66 Å². The number of rotatable bonds is 8. The summed E-state index contributed by atoms with van der Waals surface area (Å²) in [5.41, 5.74) is 2.29. The number of aromatic carboxylic acids is 1. The fourth-order valence-corrected chi connectivity index (χ4v) is 5.50. The minimum atomic E-state index is -1.01. The van der Waals surface area contributed by atoms with Gasteiger partial charge in [-0.25, -0.2) is 9.78 Å². The Morgan fingerprint density at radius 3 is 2.70 bits per heavy atom. The molecule has 6 aromatic rings. The van der Waals surface area contributed by atoms with Crippen LogP contribution in [0.5, 0.6) is 11.5 Å². The Bertz CT molecular complexity index is 2120. The van der Waals surface area contributed by atoms with E-state index in [0.717, 1.165) is 9.86 Å². The quantitative estimate of drug-likeness (QED) is 0.163. The molecule has 0 unspecified atom stereocenters. The first kappa shape index (κ1) is 28.4. The molecule has 9 nitrogen and oxygen atoms in total.